The minimum absolute atomic E-state index is 0.113. The smallest absolute Gasteiger partial charge is 0.325 e. The third kappa shape index (κ3) is 6.85. The summed E-state index contributed by atoms with van der Waals surface area (Å²) in [6, 6.07) is 4.96. The monoisotopic (exact) mass is 446 g/mol. The van der Waals surface area contributed by atoms with Crippen molar-refractivity contribution in [2.45, 2.75) is 32.7 Å². The molecule has 0 spiro atoms. The lowest BCUT2D eigenvalue weighted by molar-refractivity contribution is -0.135. The second-order valence-corrected chi connectivity index (χ2v) is 8.08. The van der Waals surface area contributed by atoms with Crippen molar-refractivity contribution in [1.82, 2.24) is 15.6 Å². The first-order valence-electron chi connectivity index (χ1n) is 10.0. The summed E-state index contributed by atoms with van der Waals surface area (Å²) < 4.78 is 0. The Balaban J connectivity index is 1.54. The molecular weight excluding hydrogens is 420 g/mol. The van der Waals surface area contributed by atoms with Crippen LogP contribution in [0.5, 0.6) is 0 Å². The summed E-state index contributed by atoms with van der Waals surface area (Å²) in [6.07, 6.45) is 3.52. The topological polar surface area (TPSA) is 136 Å². The molecule has 11 heteroatoms. The molecule has 10 nitrogen and oxygen atoms in total. The molecule has 0 aliphatic carbocycles. The fourth-order valence-electron chi connectivity index (χ4n) is 3.23. The van der Waals surface area contributed by atoms with E-state index in [9.17, 15) is 14.4 Å². The summed E-state index contributed by atoms with van der Waals surface area (Å²) in [5.41, 5.74) is 3.45. The van der Waals surface area contributed by atoms with Gasteiger partial charge in [-0.1, -0.05) is 6.07 Å². The van der Waals surface area contributed by atoms with Gasteiger partial charge in [0.05, 0.1) is 23.6 Å². The minimum Gasteiger partial charge on any atom is -0.480 e. The Hall–Kier alpha value is -3.34. The van der Waals surface area contributed by atoms with Crippen molar-refractivity contribution < 1.29 is 19.5 Å². The molecule has 166 valence electrons. The number of aryl methyl sites for hydroxylation is 1. The number of carboxylic acid groups (broad SMARTS) is 1. The number of nitrogens with zero attached hydrogens (tertiary/aromatic N) is 2. The van der Waals surface area contributed by atoms with E-state index in [4.69, 9.17) is 5.11 Å². The van der Waals surface area contributed by atoms with Crippen LogP contribution in [0.25, 0.3) is 0 Å². The number of aliphatic carboxylic acids is 1. The van der Waals surface area contributed by atoms with E-state index >= 15 is 0 Å². The van der Waals surface area contributed by atoms with Gasteiger partial charge in [-0.05, 0) is 43.9 Å². The summed E-state index contributed by atoms with van der Waals surface area (Å²) in [5.74, 6) is -1.13. The summed E-state index contributed by atoms with van der Waals surface area (Å²) >= 11 is 1.23. The van der Waals surface area contributed by atoms with Gasteiger partial charge in [0, 0.05) is 18.5 Å². The molecule has 31 heavy (non-hydrogen) atoms. The van der Waals surface area contributed by atoms with Gasteiger partial charge in [-0.25, -0.2) is 14.6 Å². The van der Waals surface area contributed by atoms with Crippen LogP contribution in [-0.2, 0) is 11.3 Å². The number of piperidine rings is 1. The number of thiazole rings is 1. The molecule has 1 aliphatic rings. The lowest BCUT2D eigenvalue weighted by Crippen LogP contribution is -2.38. The number of amides is 4. The Labute approximate surface area is 184 Å². The van der Waals surface area contributed by atoms with E-state index < -0.39 is 24.6 Å². The van der Waals surface area contributed by atoms with E-state index in [0.717, 1.165) is 42.9 Å². The van der Waals surface area contributed by atoms with Gasteiger partial charge in [0.15, 0.2) is 5.13 Å². The molecule has 0 bridgehead atoms. The van der Waals surface area contributed by atoms with Crippen LogP contribution in [0.3, 0.4) is 0 Å². The maximum atomic E-state index is 12.5. The van der Waals surface area contributed by atoms with Crippen LogP contribution in [0.4, 0.5) is 26.1 Å². The van der Waals surface area contributed by atoms with Crippen LogP contribution in [-0.4, -0.2) is 47.8 Å². The first-order valence-corrected chi connectivity index (χ1v) is 10.9. The highest BCUT2D eigenvalue weighted by Crippen LogP contribution is 2.30. The molecule has 2 aromatic rings. The summed E-state index contributed by atoms with van der Waals surface area (Å²) in [6.45, 7) is 3.63. The highest BCUT2D eigenvalue weighted by molar-refractivity contribution is 7.13. The molecule has 0 unspecified atom stereocenters. The third-order valence-corrected chi connectivity index (χ3v) is 5.51. The quantitative estimate of drug-likeness (QED) is 0.444. The van der Waals surface area contributed by atoms with Gasteiger partial charge in [-0.2, -0.15) is 0 Å². The van der Waals surface area contributed by atoms with Gasteiger partial charge >= 0.3 is 18.0 Å². The number of anilines is 3. The normalized spacial score (nSPS) is 13.4. The van der Waals surface area contributed by atoms with Crippen LogP contribution in [0.15, 0.2) is 23.6 Å². The Morgan fingerprint density at radius 1 is 1.10 bits per heavy atom. The van der Waals surface area contributed by atoms with Crippen LogP contribution in [0.2, 0.25) is 0 Å². The molecule has 0 radical (unpaired) electrons. The Morgan fingerprint density at radius 2 is 1.87 bits per heavy atom. The van der Waals surface area contributed by atoms with Crippen molar-refractivity contribution >= 4 is 45.9 Å². The standard InChI is InChI=1S/C20H26N6O4S/c1-13-5-6-15(16(9-13)26-7-3-2-4-8-26)24-19(30)25-20-23-14(12-31-20)10-21-18(29)22-11-17(27)28/h5-6,9,12H,2-4,7-8,10-11H2,1H3,(H,27,28)(H2,21,22,29)(H2,23,24,25,30). The van der Waals surface area contributed by atoms with Gasteiger partial charge in [0.1, 0.15) is 6.54 Å². The van der Waals surface area contributed by atoms with E-state index in [2.05, 4.69) is 37.2 Å². The molecule has 5 N–H and O–H groups in total. The van der Waals surface area contributed by atoms with Crippen molar-refractivity contribution in [1.29, 1.82) is 0 Å². The highest BCUT2D eigenvalue weighted by Gasteiger charge is 2.17. The van der Waals surface area contributed by atoms with Crippen LogP contribution < -0.4 is 26.2 Å². The Morgan fingerprint density at radius 3 is 2.61 bits per heavy atom. The van der Waals surface area contributed by atoms with Crippen molar-refractivity contribution in [2.75, 3.05) is 35.2 Å². The molecule has 1 fully saturated rings. The van der Waals surface area contributed by atoms with E-state index in [-0.39, 0.29) is 6.54 Å². The molecule has 2 heterocycles. The van der Waals surface area contributed by atoms with Gasteiger partial charge in [-0.15, -0.1) is 11.3 Å². The number of aromatic nitrogens is 1. The molecule has 1 aromatic heterocycles. The van der Waals surface area contributed by atoms with E-state index in [0.29, 0.717) is 10.8 Å². The second-order valence-electron chi connectivity index (χ2n) is 7.22. The fourth-order valence-corrected chi connectivity index (χ4v) is 3.93. The molecule has 0 saturated carbocycles. The second kappa shape index (κ2) is 10.6. The molecule has 1 saturated heterocycles. The van der Waals surface area contributed by atoms with Crippen LogP contribution in [0, 0.1) is 6.92 Å². The van der Waals surface area contributed by atoms with Gasteiger partial charge in [0.2, 0.25) is 0 Å². The zero-order chi connectivity index (χ0) is 22.2. The number of urea groups is 2. The summed E-state index contributed by atoms with van der Waals surface area (Å²) in [5, 5.41) is 21.0. The molecule has 0 atom stereocenters. The number of rotatable bonds is 7. The minimum atomic E-state index is -1.13. The van der Waals surface area contributed by atoms with Gasteiger partial charge in [0.25, 0.3) is 0 Å². The molecule has 4 amide bonds. The largest absolute Gasteiger partial charge is 0.480 e. The number of benzene rings is 1. The predicted molar refractivity (Wildman–Crippen MR) is 120 cm³/mol. The lowest BCUT2D eigenvalue weighted by Gasteiger charge is -2.30. The first-order chi connectivity index (χ1) is 14.9. The SMILES string of the molecule is Cc1ccc(NC(=O)Nc2nc(CNC(=O)NCC(=O)O)cs2)c(N2CCCCC2)c1. The molecule has 1 aromatic carbocycles. The lowest BCUT2D eigenvalue weighted by atomic mass is 10.1. The summed E-state index contributed by atoms with van der Waals surface area (Å²) in [7, 11) is 0. The maximum Gasteiger partial charge on any atom is 0.325 e. The van der Waals surface area contributed by atoms with Crippen molar-refractivity contribution in [3.8, 4) is 0 Å². The number of carboxylic acids is 1. The number of hydrogen-bond acceptors (Lipinski definition) is 6. The number of nitrogens with one attached hydrogen (secondary N) is 4. The van der Waals surface area contributed by atoms with Crippen LogP contribution >= 0.6 is 11.3 Å². The highest BCUT2D eigenvalue weighted by atomic mass is 32.1. The average molecular weight is 447 g/mol. The Bertz CT molecular complexity index is 942. The van der Waals surface area contributed by atoms with E-state index in [1.165, 1.54) is 17.8 Å². The first kappa shape index (κ1) is 22.3. The number of carbonyl (C=O) groups excluding carboxylic acids is 2. The number of hydrogen-bond donors (Lipinski definition) is 5. The average Bonchev–Trinajstić information content (AvgIpc) is 3.19. The molecule has 3 rings (SSSR count). The van der Waals surface area contributed by atoms with Crippen molar-refractivity contribution in [3.63, 3.8) is 0 Å². The predicted octanol–water partition coefficient (Wildman–Crippen LogP) is 2.97. The van der Waals surface area contributed by atoms with E-state index in [1.54, 1.807) is 5.38 Å². The van der Waals surface area contributed by atoms with Crippen molar-refractivity contribution in [3.05, 3.63) is 34.8 Å². The van der Waals surface area contributed by atoms with Gasteiger partial charge in [-0.3, -0.25) is 10.1 Å². The van der Waals surface area contributed by atoms with Crippen LogP contribution in [0.1, 0.15) is 30.5 Å². The van der Waals surface area contributed by atoms with Gasteiger partial charge < -0.3 is 26.0 Å². The van der Waals surface area contributed by atoms with Crippen molar-refractivity contribution in [2.24, 2.45) is 0 Å². The maximum absolute atomic E-state index is 12.5. The summed E-state index contributed by atoms with van der Waals surface area (Å²) in [4.78, 5) is 41.0. The molecule has 1 aliphatic heterocycles. The fraction of sp³-hybridized carbons (Fsp3) is 0.400. The number of carbonyl (C=O) groups is 3. The zero-order valence-corrected chi connectivity index (χ0v) is 18.1. The zero-order valence-electron chi connectivity index (χ0n) is 17.2. The van der Waals surface area contributed by atoms with E-state index in [1.807, 2.05) is 19.1 Å². The third-order valence-electron chi connectivity index (χ3n) is 4.70. The Kier molecular flexibility index (Phi) is 7.65. The molecular formula is C20H26N6O4S.